The first-order valence-electron chi connectivity index (χ1n) is 6.54. The fraction of sp³-hybridized carbons (Fsp3) is 0.600. The largest absolute Gasteiger partial charge is 0.508 e. The van der Waals surface area contributed by atoms with Gasteiger partial charge in [0.1, 0.15) is 5.75 Å². The molecule has 88 valence electrons. The summed E-state index contributed by atoms with van der Waals surface area (Å²) in [6.45, 7) is 2.09. The zero-order valence-corrected chi connectivity index (χ0v) is 10.2. The molecule has 0 saturated heterocycles. The number of hydrogen-bond acceptors (Lipinski definition) is 1. The van der Waals surface area contributed by atoms with Crippen LogP contribution in [0.15, 0.2) is 18.2 Å². The van der Waals surface area contributed by atoms with Gasteiger partial charge in [-0.1, -0.05) is 38.2 Å². The Labute approximate surface area is 98.5 Å². The Balaban J connectivity index is 1.88. The molecule has 0 unspecified atom stereocenters. The molecule has 0 aliphatic heterocycles. The van der Waals surface area contributed by atoms with Crippen LogP contribution >= 0.6 is 0 Å². The molecular weight excluding hydrogens is 196 g/mol. The van der Waals surface area contributed by atoms with Gasteiger partial charge in [0.15, 0.2) is 0 Å². The highest BCUT2D eigenvalue weighted by Crippen LogP contribution is 2.28. The van der Waals surface area contributed by atoms with Crippen LogP contribution in [0, 0.1) is 12.8 Å². The minimum Gasteiger partial charge on any atom is -0.508 e. The minimum atomic E-state index is 0.388. The number of hydrogen-bond donors (Lipinski definition) is 1. The molecule has 0 radical (unpaired) electrons. The Kier molecular flexibility index (Phi) is 3.87. The molecule has 1 aliphatic carbocycles. The van der Waals surface area contributed by atoms with Crippen LogP contribution in [0.25, 0.3) is 0 Å². The van der Waals surface area contributed by atoms with Crippen molar-refractivity contribution < 1.29 is 5.11 Å². The van der Waals surface area contributed by atoms with E-state index in [1.165, 1.54) is 56.1 Å². The molecule has 0 atom stereocenters. The average molecular weight is 218 g/mol. The number of aryl methyl sites for hydroxylation is 2. The monoisotopic (exact) mass is 218 g/mol. The van der Waals surface area contributed by atoms with E-state index in [-0.39, 0.29) is 0 Å². The fourth-order valence-electron chi connectivity index (χ4n) is 2.80. The van der Waals surface area contributed by atoms with Gasteiger partial charge in [0.25, 0.3) is 0 Å². The fourth-order valence-corrected chi connectivity index (χ4v) is 2.80. The van der Waals surface area contributed by atoms with Crippen LogP contribution in [0.3, 0.4) is 0 Å². The van der Waals surface area contributed by atoms with Gasteiger partial charge in [0.2, 0.25) is 0 Å². The molecule has 0 spiro atoms. The smallest absolute Gasteiger partial charge is 0.115 e. The van der Waals surface area contributed by atoms with Gasteiger partial charge in [-0.05, 0) is 48.9 Å². The summed E-state index contributed by atoms with van der Waals surface area (Å²) in [4.78, 5) is 0. The van der Waals surface area contributed by atoms with Crippen molar-refractivity contribution in [2.75, 3.05) is 0 Å². The van der Waals surface area contributed by atoms with Crippen molar-refractivity contribution in [2.24, 2.45) is 5.92 Å². The van der Waals surface area contributed by atoms with Crippen LogP contribution in [0.4, 0.5) is 0 Å². The van der Waals surface area contributed by atoms with Crippen LogP contribution in [-0.2, 0) is 6.42 Å². The quantitative estimate of drug-likeness (QED) is 0.805. The molecule has 1 nitrogen and oxygen atoms in total. The van der Waals surface area contributed by atoms with Crippen LogP contribution in [0.5, 0.6) is 5.75 Å². The van der Waals surface area contributed by atoms with E-state index in [9.17, 15) is 5.11 Å². The summed E-state index contributed by atoms with van der Waals surface area (Å²) in [6, 6.07) is 5.76. The summed E-state index contributed by atoms with van der Waals surface area (Å²) in [5, 5.41) is 9.35. The minimum absolute atomic E-state index is 0.388. The van der Waals surface area contributed by atoms with Crippen LogP contribution in [0.1, 0.15) is 49.7 Å². The number of benzene rings is 1. The molecule has 1 aliphatic rings. The topological polar surface area (TPSA) is 20.2 Å². The molecule has 1 N–H and O–H groups in total. The predicted molar refractivity (Wildman–Crippen MR) is 67.7 cm³/mol. The highest BCUT2D eigenvalue weighted by molar-refractivity contribution is 5.33. The Morgan fingerprint density at radius 3 is 2.62 bits per heavy atom. The molecule has 0 aromatic heterocycles. The Bertz CT molecular complexity index is 337. The second-order valence-corrected chi connectivity index (χ2v) is 5.15. The van der Waals surface area contributed by atoms with Crippen LogP contribution in [-0.4, -0.2) is 5.11 Å². The zero-order valence-electron chi connectivity index (χ0n) is 10.2. The molecule has 1 aromatic carbocycles. The molecule has 0 amide bonds. The maximum atomic E-state index is 9.35. The SMILES string of the molecule is Cc1cc(O)ccc1CCC1CCCCC1. The lowest BCUT2D eigenvalue weighted by molar-refractivity contribution is 0.339. The van der Waals surface area contributed by atoms with Crippen molar-refractivity contribution >= 4 is 0 Å². The molecule has 2 rings (SSSR count). The lowest BCUT2D eigenvalue weighted by Gasteiger charge is -2.21. The molecule has 0 heterocycles. The van der Waals surface area contributed by atoms with Crippen molar-refractivity contribution in [1.82, 2.24) is 0 Å². The first-order valence-corrected chi connectivity index (χ1v) is 6.54. The second-order valence-electron chi connectivity index (χ2n) is 5.15. The van der Waals surface area contributed by atoms with E-state index in [0.717, 1.165) is 5.92 Å². The van der Waals surface area contributed by atoms with Crippen LogP contribution < -0.4 is 0 Å². The third-order valence-corrected chi connectivity index (χ3v) is 3.87. The van der Waals surface area contributed by atoms with E-state index < -0.39 is 0 Å². The summed E-state index contributed by atoms with van der Waals surface area (Å²) in [5.74, 6) is 1.33. The van der Waals surface area contributed by atoms with E-state index in [1.54, 1.807) is 0 Å². The van der Waals surface area contributed by atoms with Gasteiger partial charge >= 0.3 is 0 Å². The van der Waals surface area contributed by atoms with E-state index >= 15 is 0 Å². The molecule has 1 heteroatoms. The second kappa shape index (κ2) is 5.38. The van der Waals surface area contributed by atoms with E-state index in [4.69, 9.17) is 0 Å². The standard InChI is InChI=1S/C15H22O/c1-12-11-15(16)10-9-14(12)8-7-13-5-3-2-4-6-13/h9-11,13,16H,2-8H2,1H3. The van der Waals surface area contributed by atoms with Crippen molar-refractivity contribution in [3.63, 3.8) is 0 Å². The highest BCUT2D eigenvalue weighted by Gasteiger charge is 2.13. The molecular formula is C15H22O. The number of rotatable bonds is 3. The normalized spacial score (nSPS) is 17.6. The molecule has 1 fully saturated rings. The van der Waals surface area contributed by atoms with Gasteiger partial charge in [-0.3, -0.25) is 0 Å². The van der Waals surface area contributed by atoms with Gasteiger partial charge < -0.3 is 5.11 Å². The lowest BCUT2D eigenvalue weighted by Crippen LogP contribution is -2.07. The summed E-state index contributed by atoms with van der Waals surface area (Å²) in [6.07, 6.45) is 9.66. The first-order chi connectivity index (χ1) is 7.75. The highest BCUT2D eigenvalue weighted by atomic mass is 16.3. The Hall–Kier alpha value is -0.980. The van der Waals surface area contributed by atoms with E-state index in [1.807, 2.05) is 12.1 Å². The maximum absolute atomic E-state index is 9.35. The van der Waals surface area contributed by atoms with Gasteiger partial charge in [-0.2, -0.15) is 0 Å². The van der Waals surface area contributed by atoms with Gasteiger partial charge in [0.05, 0.1) is 0 Å². The maximum Gasteiger partial charge on any atom is 0.115 e. The summed E-state index contributed by atoms with van der Waals surface area (Å²) < 4.78 is 0. The molecule has 1 aromatic rings. The molecule has 0 bridgehead atoms. The summed E-state index contributed by atoms with van der Waals surface area (Å²) >= 11 is 0. The first kappa shape index (κ1) is 11.5. The van der Waals surface area contributed by atoms with Crippen molar-refractivity contribution in [2.45, 2.75) is 51.9 Å². The van der Waals surface area contributed by atoms with Gasteiger partial charge in [0, 0.05) is 0 Å². The number of phenols is 1. The van der Waals surface area contributed by atoms with E-state index in [0.29, 0.717) is 5.75 Å². The average Bonchev–Trinajstić information content (AvgIpc) is 2.29. The number of phenolic OH excluding ortho intramolecular Hbond substituents is 1. The lowest BCUT2D eigenvalue weighted by atomic mass is 9.85. The van der Waals surface area contributed by atoms with Crippen LogP contribution in [0.2, 0.25) is 0 Å². The van der Waals surface area contributed by atoms with Crippen molar-refractivity contribution in [3.8, 4) is 5.75 Å². The van der Waals surface area contributed by atoms with Crippen molar-refractivity contribution in [3.05, 3.63) is 29.3 Å². The van der Waals surface area contributed by atoms with Gasteiger partial charge in [-0.15, -0.1) is 0 Å². The van der Waals surface area contributed by atoms with Crippen molar-refractivity contribution in [1.29, 1.82) is 0 Å². The Morgan fingerprint density at radius 1 is 1.19 bits per heavy atom. The summed E-state index contributed by atoms with van der Waals surface area (Å²) in [5.41, 5.74) is 2.64. The third kappa shape index (κ3) is 3.01. The molecule has 16 heavy (non-hydrogen) atoms. The van der Waals surface area contributed by atoms with E-state index in [2.05, 4.69) is 13.0 Å². The Morgan fingerprint density at radius 2 is 1.94 bits per heavy atom. The molecule has 1 saturated carbocycles. The third-order valence-electron chi connectivity index (χ3n) is 3.87. The number of aromatic hydroxyl groups is 1. The van der Waals surface area contributed by atoms with Gasteiger partial charge in [-0.25, -0.2) is 0 Å². The zero-order chi connectivity index (χ0) is 11.4. The predicted octanol–water partition coefficient (Wildman–Crippen LogP) is 4.21. The summed E-state index contributed by atoms with van der Waals surface area (Å²) in [7, 11) is 0.